The van der Waals surface area contributed by atoms with Crippen LogP contribution >= 0.6 is 0 Å². The highest BCUT2D eigenvalue weighted by Crippen LogP contribution is 2.29. The summed E-state index contributed by atoms with van der Waals surface area (Å²) in [5.74, 6) is -0.721. The third-order valence-corrected chi connectivity index (χ3v) is 4.01. The van der Waals surface area contributed by atoms with E-state index in [0.717, 1.165) is 5.56 Å². The fourth-order valence-corrected chi connectivity index (χ4v) is 2.45. The zero-order chi connectivity index (χ0) is 18.6. The summed E-state index contributed by atoms with van der Waals surface area (Å²) < 4.78 is 13.4. The van der Waals surface area contributed by atoms with Crippen molar-refractivity contribution in [3.63, 3.8) is 0 Å². The Bertz CT molecular complexity index is 806. The highest BCUT2D eigenvalue weighted by Gasteiger charge is 2.23. The number of carbonyl (C=O) groups excluding carboxylic acids is 1. The van der Waals surface area contributed by atoms with Crippen molar-refractivity contribution in [3.8, 4) is 0 Å². The van der Waals surface area contributed by atoms with E-state index >= 15 is 0 Å². The molecular formula is C18H20FN3O3. The summed E-state index contributed by atoms with van der Waals surface area (Å²) in [5, 5.41) is 16.8. The minimum absolute atomic E-state index is 0.184. The minimum Gasteiger partial charge on any atom is -0.379 e. The summed E-state index contributed by atoms with van der Waals surface area (Å²) in [6, 6.07) is 10.5. The number of hydrogen-bond donors (Lipinski definition) is 2. The summed E-state index contributed by atoms with van der Waals surface area (Å²) in [6.07, 6.45) is 0. The van der Waals surface area contributed by atoms with Crippen LogP contribution in [0.5, 0.6) is 0 Å². The molecule has 6 nitrogen and oxygen atoms in total. The molecule has 0 unspecified atom stereocenters. The molecule has 2 aromatic rings. The van der Waals surface area contributed by atoms with Gasteiger partial charge in [-0.15, -0.1) is 0 Å². The topological polar surface area (TPSA) is 84.3 Å². The molecule has 0 saturated carbocycles. The number of carbonyl (C=O) groups is 1. The van der Waals surface area contributed by atoms with Crippen molar-refractivity contribution >= 4 is 17.3 Å². The second-order valence-electron chi connectivity index (χ2n) is 6.32. The smallest absolute Gasteiger partial charge is 0.293 e. The van der Waals surface area contributed by atoms with Gasteiger partial charge in [0.25, 0.3) is 11.6 Å². The first-order chi connectivity index (χ1) is 11.7. The van der Waals surface area contributed by atoms with Gasteiger partial charge in [-0.25, -0.2) is 4.39 Å². The summed E-state index contributed by atoms with van der Waals surface area (Å²) in [6.45, 7) is 4.19. The Morgan fingerprint density at radius 3 is 2.56 bits per heavy atom. The monoisotopic (exact) mass is 345 g/mol. The molecule has 25 heavy (non-hydrogen) atoms. The van der Waals surface area contributed by atoms with Gasteiger partial charge >= 0.3 is 0 Å². The normalized spacial score (nSPS) is 11.0. The Kier molecular flexibility index (Phi) is 5.36. The lowest BCUT2D eigenvalue weighted by atomic mass is 9.84. The predicted molar refractivity (Wildman–Crippen MR) is 94.4 cm³/mol. The summed E-state index contributed by atoms with van der Waals surface area (Å²) >= 11 is 0. The number of nitrogens with zero attached hydrogens (tertiary/aromatic N) is 1. The molecular weight excluding hydrogens is 325 g/mol. The molecule has 2 rings (SSSR count). The van der Waals surface area contributed by atoms with Gasteiger partial charge in [-0.2, -0.15) is 0 Å². The van der Waals surface area contributed by atoms with Crippen molar-refractivity contribution < 1.29 is 14.1 Å². The van der Waals surface area contributed by atoms with Gasteiger partial charge in [0.1, 0.15) is 11.5 Å². The molecule has 0 aromatic heterocycles. The number of hydrogen-bond acceptors (Lipinski definition) is 4. The van der Waals surface area contributed by atoms with E-state index in [-0.39, 0.29) is 17.1 Å². The Hall–Kier alpha value is -2.96. The molecule has 132 valence electrons. The number of benzene rings is 2. The van der Waals surface area contributed by atoms with Gasteiger partial charge in [0.15, 0.2) is 0 Å². The van der Waals surface area contributed by atoms with E-state index in [1.54, 1.807) is 6.07 Å². The number of nitro benzene ring substituents is 1. The van der Waals surface area contributed by atoms with Crippen LogP contribution in [0.2, 0.25) is 0 Å². The maximum absolute atomic E-state index is 13.4. The van der Waals surface area contributed by atoms with E-state index in [4.69, 9.17) is 0 Å². The minimum atomic E-state index is -0.538. The quantitative estimate of drug-likeness (QED) is 0.620. The van der Waals surface area contributed by atoms with Crippen LogP contribution in [0.25, 0.3) is 0 Å². The van der Waals surface area contributed by atoms with Gasteiger partial charge in [0, 0.05) is 30.6 Å². The van der Waals surface area contributed by atoms with Crippen molar-refractivity contribution in [3.05, 3.63) is 69.5 Å². The van der Waals surface area contributed by atoms with Gasteiger partial charge in [0.05, 0.1) is 4.92 Å². The molecule has 0 atom stereocenters. The maximum Gasteiger partial charge on any atom is 0.293 e. The van der Waals surface area contributed by atoms with Crippen LogP contribution in [-0.2, 0) is 5.41 Å². The number of halogens is 1. The summed E-state index contributed by atoms with van der Waals surface area (Å²) in [7, 11) is 1.46. The zero-order valence-corrected chi connectivity index (χ0v) is 14.3. The Balaban J connectivity index is 2.25. The van der Waals surface area contributed by atoms with Crippen molar-refractivity contribution in [2.75, 3.05) is 18.9 Å². The molecule has 2 aromatic carbocycles. The van der Waals surface area contributed by atoms with Crippen LogP contribution < -0.4 is 10.6 Å². The van der Waals surface area contributed by atoms with E-state index < -0.39 is 16.2 Å². The average Bonchev–Trinajstić information content (AvgIpc) is 2.59. The standard InChI is InChI=1S/C18H20FN3O3/c1-18(2,13-5-4-6-14(19)10-13)11-21-15-8-7-12(17(23)20-3)9-16(15)22(24)25/h4-10,21H,11H2,1-3H3,(H,20,23). The van der Waals surface area contributed by atoms with Crippen LogP contribution in [0.15, 0.2) is 42.5 Å². The fraction of sp³-hybridized carbons (Fsp3) is 0.278. The summed E-state index contributed by atoms with van der Waals surface area (Å²) in [5.41, 5.74) is 0.669. The molecule has 0 heterocycles. The van der Waals surface area contributed by atoms with Crippen LogP contribution in [0.1, 0.15) is 29.8 Å². The van der Waals surface area contributed by atoms with E-state index in [0.29, 0.717) is 12.2 Å². The van der Waals surface area contributed by atoms with E-state index in [1.165, 1.54) is 37.4 Å². The second-order valence-corrected chi connectivity index (χ2v) is 6.32. The van der Waals surface area contributed by atoms with Crippen LogP contribution in [-0.4, -0.2) is 24.4 Å². The van der Waals surface area contributed by atoms with E-state index in [2.05, 4.69) is 10.6 Å². The van der Waals surface area contributed by atoms with Gasteiger partial charge in [0.2, 0.25) is 0 Å². The molecule has 0 saturated heterocycles. The van der Waals surface area contributed by atoms with Gasteiger partial charge in [-0.1, -0.05) is 26.0 Å². The lowest BCUT2D eigenvalue weighted by Gasteiger charge is -2.26. The molecule has 0 radical (unpaired) electrons. The lowest BCUT2D eigenvalue weighted by molar-refractivity contribution is -0.384. The molecule has 0 aliphatic carbocycles. The number of amides is 1. The number of rotatable bonds is 6. The third-order valence-electron chi connectivity index (χ3n) is 4.01. The second kappa shape index (κ2) is 7.29. The SMILES string of the molecule is CNC(=O)c1ccc(NCC(C)(C)c2cccc(F)c2)c([N+](=O)[O-])c1. The largest absolute Gasteiger partial charge is 0.379 e. The van der Waals surface area contributed by atoms with E-state index in [9.17, 15) is 19.3 Å². The van der Waals surface area contributed by atoms with Gasteiger partial charge in [-0.3, -0.25) is 14.9 Å². The first-order valence-electron chi connectivity index (χ1n) is 7.75. The maximum atomic E-state index is 13.4. The van der Waals surface area contributed by atoms with Gasteiger partial charge in [-0.05, 0) is 29.8 Å². The fourth-order valence-electron chi connectivity index (χ4n) is 2.45. The van der Waals surface area contributed by atoms with Crippen molar-refractivity contribution in [2.45, 2.75) is 19.3 Å². The van der Waals surface area contributed by atoms with E-state index in [1.807, 2.05) is 19.9 Å². The molecule has 2 N–H and O–H groups in total. The number of nitrogens with one attached hydrogen (secondary N) is 2. The predicted octanol–water partition coefficient (Wildman–Crippen LogP) is 3.48. The Morgan fingerprint density at radius 2 is 1.96 bits per heavy atom. The molecule has 7 heteroatoms. The number of anilines is 1. The highest BCUT2D eigenvalue weighted by molar-refractivity contribution is 5.95. The third kappa shape index (κ3) is 4.32. The average molecular weight is 345 g/mol. The van der Waals surface area contributed by atoms with Crippen molar-refractivity contribution in [2.24, 2.45) is 0 Å². The van der Waals surface area contributed by atoms with Crippen molar-refractivity contribution in [1.29, 1.82) is 0 Å². The Labute approximate surface area is 145 Å². The van der Waals surface area contributed by atoms with Crippen molar-refractivity contribution in [1.82, 2.24) is 5.32 Å². The first-order valence-corrected chi connectivity index (χ1v) is 7.75. The van der Waals surface area contributed by atoms with Crippen LogP contribution in [0.4, 0.5) is 15.8 Å². The zero-order valence-electron chi connectivity index (χ0n) is 14.3. The molecule has 0 fully saturated rings. The van der Waals surface area contributed by atoms with Crippen LogP contribution in [0.3, 0.4) is 0 Å². The molecule has 0 bridgehead atoms. The molecule has 0 spiro atoms. The molecule has 1 amide bonds. The van der Waals surface area contributed by atoms with Crippen LogP contribution in [0, 0.1) is 15.9 Å². The highest BCUT2D eigenvalue weighted by atomic mass is 19.1. The van der Waals surface area contributed by atoms with Gasteiger partial charge < -0.3 is 10.6 Å². The molecule has 0 aliphatic rings. The summed E-state index contributed by atoms with van der Waals surface area (Å²) in [4.78, 5) is 22.4. The first kappa shape index (κ1) is 18.4. The number of nitro groups is 1. The molecule has 0 aliphatic heterocycles. The lowest BCUT2D eigenvalue weighted by Crippen LogP contribution is -2.28. The Morgan fingerprint density at radius 1 is 1.24 bits per heavy atom.